The molecule has 0 N–H and O–H groups in total. The molecule has 2 saturated heterocycles. The Bertz CT molecular complexity index is 947. The predicted octanol–water partition coefficient (Wildman–Crippen LogP) is 3.52. The number of benzene rings is 2. The van der Waals surface area contributed by atoms with E-state index >= 15 is 0 Å². The second kappa shape index (κ2) is 9.32. The van der Waals surface area contributed by atoms with Crippen molar-refractivity contribution in [1.82, 2.24) is 9.80 Å². The van der Waals surface area contributed by atoms with Gasteiger partial charge < -0.3 is 14.5 Å². The SMILES string of the molecule is O=C(Cc1ccc(C(F)(F)F)cc1)N1CCC2OCCN(Cc3ccccc3)C(=O)C2C1. The highest BCUT2D eigenvalue weighted by molar-refractivity contribution is 5.83. The molecule has 32 heavy (non-hydrogen) atoms. The van der Waals surface area contributed by atoms with Crippen LogP contribution in [0.15, 0.2) is 54.6 Å². The van der Waals surface area contributed by atoms with E-state index < -0.39 is 17.7 Å². The maximum atomic E-state index is 13.2. The zero-order chi connectivity index (χ0) is 22.7. The molecule has 5 nitrogen and oxygen atoms in total. The van der Waals surface area contributed by atoms with Gasteiger partial charge in [-0.2, -0.15) is 13.2 Å². The summed E-state index contributed by atoms with van der Waals surface area (Å²) in [5.74, 6) is -0.662. The number of amides is 2. The molecule has 8 heteroatoms. The molecule has 0 aliphatic carbocycles. The normalized spacial score (nSPS) is 21.8. The lowest BCUT2D eigenvalue weighted by atomic mass is 9.92. The minimum atomic E-state index is -4.41. The molecule has 0 radical (unpaired) electrons. The Balaban J connectivity index is 1.41. The highest BCUT2D eigenvalue weighted by atomic mass is 19.4. The molecule has 0 aromatic heterocycles. The number of rotatable bonds is 4. The first-order valence-electron chi connectivity index (χ1n) is 10.7. The van der Waals surface area contributed by atoms with E-state index in [0.29, 0.717) is 38.2 Å². The van der Waals surface area contributed by atoms with Crippen LogP contribution in [-0.4, -0.2) is 54.0 Å². The van der Waals surface area contributed by atoms with E-state index in [4.69, 9.17) is 4.74 Å². The third-order valence-corrected chi connectivity index (χ3v) is 6.08. The lowest BCUT2D eigenvalue weighted by molar-refractivity contribution is -0.144. The van der Waals surface area contributed by atoms with E-state index in [9.17, 15) is 22.8 Å². The summed E-state index contributed by atoms with van der Waals surface area (Å²) in [5.41, 5.74) is 0.804. The van der Waals surface area contributed by atoms with Gasteiger partial charge in [0, 0.05) is 26.2 Å². The molecule has 0 saturated carbocycles. The Labute approximate surface area is 184 Å². The number of piperidine rings is 1. The average Bonchev–Trinajstić information content (AvgIpc) is 2.93. The number of likely N-dealkylation sites (tertiary alicyclic amines) is 1. The summed E-state index contributed by atoms with van der Waals surface area (Å²) in [7, 11) is 0. The number of hydrogen-bond acceptors (Lipinski definition) is 3. The van der Waals surface area contributed by atoms with Gasteiger partial charge in [-0.3, -0.25) is 9.59 Å². The van der Waals surface area contributed by atoms with Crippen LogP contribution in [0.2, 0.25) is 0 Å². The molecule has 2 aromatic carbocycles. The second-order valence-corrected chi connectivity index (χ2v) is 8.26. The molecule has 170 valence electrons. The molecule has 0 bridgehead atoms. The lowest BCUT2D eigenvalue weighted by Crippen LogP contribution is -2.51. The number of carbonyl (C=O) groups is 2. The van der Waals surface area contributed by atoms with E-state index in [1.54, 1.807) is 9.80 Å². The van der Waals surface area contributed by atoms with Crippen molar-refractivity contribution in [1.29, 1.82) is 0 Å². The van der Waals surface area contributed by atoms with Gasteiger partial charge >= 0.3 is 6.18 Å². The quantitative estimate of drug-likeness (QED) is 0.722. The fourth-order valence-corrected chi connectivity index (χ4v) is 4.31. The van der Waals surface area contributed by atoms with Crippen molar-refractivity contribution in [2.45, 2.75) is 31.7 Å². The fourth-order valence-electron chi connectivity index (χ4n) is 4.31. The molecule has 2 amide bonds. The van der Waals surface area contributed by atoms with Crippen molar-refractivity contribution < 1.29 is 27.5 Å². The van der Waals surface area contributed by atoms with Crippen molar-refractivity contribution in [3.8, 4) is 0 Å². The molecule has 2 atom stereocenters. The number of hydrogen-bond donors (Lipinski definition) is 0. The molecular weight excluding hydrogens is 421 g/mol. The van der Waals surface area contributed by atoms with E-state index in [-0.39, 0.29) is 30.9 Å². The van der Waals surface area contributed by atoms with Crippen molar-refractivity contribution in [3.63, 3.8) is 0 Å². The monoisotopic (exact) mass is 446 g/mol. The van der Waals surface area contributed by atoms with Crippen LogP contribution in [0.1, 0.15) is 23.1 Å². The zero-order valence-electron chi connectivity index (χ0n) is 17.6. The molecule has 2 fully saturated rings. The van der Waals surface area contributed by atoms with Gasteiger partial charge in [0.1, 0.15) is 0 Å². The largest absolute Gasteiger partial charge is 0.416 e. The van der Waals surface area contributed by atoms with Gasteiger partial charge in [0.15, 0.2) is 0 Å². The third kappa shape index (κ3) is 5.12. The summed E-state index contributed by atoms with van der Waals surface area (Å²) in [6, 6.07) is 14.4. The van der Waals surface area contributed by atoms with Crippen LogP contribution in [0.3, 0.4) is 0 Å². The fraction of sp³-hybridized carbons (Fsp3) is 0.417. The van der Waals surface area contributed by atoms with Crippen LogP contribution in [0, 0.1) is 5.92 Å². The summed E-state index contributed by atoms with van der Waals surface area (Å²) < 4.78 is 44.2. The van der Waals surface area contributed by atoms with Crippen LogP contribution >= 0.6 is 0 Å². The molecule has 0 spiro atoms. The van der Waals surface area contributed by atoms with Crippen molar-refractivity contribution >= 4 is 11.8 Å². The molecular formula is C24H25F3N2O3. The Morgan fingerprint density at radius 2 is 1.72 bits per heavy atom. The van der Waals surface area contributed by atoms with Gasteiger partial charge in [0.05, 0.1) is 30.6 Å². The van der Waals surface area contributed by atoms with Crippen LogP contribution in [0.5, 0.6) is 0 Å². The van der Waals surface area contributed by atoms with Crippen LogP contribution in [0.4, 0.5) is 13.2 Å². The minimum Gasteiger partial charge on any atom is -0.375 e. The summed E-state index contributed by atoms with van der Waals surface area (Å²) in [6.07, 6.45) is -4.07. The Morgan fingerprint density at radius 1 is 1.00 bits per heavy atom. The van der Waals surface area contributed by atoms with Gasteiger partial charge in [0.2, 0.25) is 11.8 Å². The first-order chi connectivity index (χ1) is 15.3. The summed E-state index contributed by atoms with van der Waals surface area (Å²) in [4.78, 5) is 29.5. The van der Waals surface area contributed by atoms with Crippen LogP contribution < -0.4 is 0 Å². The number of carbonyl (C=O) groups excluding carboxylic acids is 2. The highest BCUT2D eigenvalue weighted by Crippen LogP contribution is 2.30. The van der Waals surface area contributed by atoms with Crippen molar-refractivity contribution in [2.75, 3.05) is 26.2 Å². The zero-order valence-corrected chi connectivity index (χ0v) is 17.6. The molecule has 2 aliphatic heterocycles. The first kappa shape index (κ1) is 22.3. The van der Waals surface area contributed by atoms with E-state index in [1.165, 1.54) is 12.1 Å². The number of ether oxygens (including phenoxy) is 1. The van der Waals surface area contributed by atoms with Gasteiger partial charge in [-0.05, 0) is 29.7 Å². The van der Waals surface area contributed by atoms with Crippen molar-refractivity contribution in [3.05, 3.63) is 71.3 Å². The van der Waals surface area contributed by atoms with Gasteiger partial charge in [0.25, 0.3) is 0 Å². The Morgan fingerprint density at radius 3 is 2.41 bits per heavy atom. The molecule has 2 unspecified atom stereocenters. The molecule has 4 rings (SSSR count). The number of halogens is 3. The summed E-state index contributed by atoms with van der Waals surface area (Å²) in [6.45, 7) is 2.17. The number of fused-ring (bicyclic) bond motifs is 1. The number of nitrogens with zero attached hydrogens (tertiary/aromatic N) is 2. The molecule has 2 aliphatic rings. The van der Waals surface area contributed by atoms with Crippen molar-refractivity contribution in [2.24, 2.45) is 5.92 Å². The van der Waals surface area contributed by atoms with Gasteiger partial charge in [-0.15, -0.1) is 0 Å². The number of alkyl halides is 3. The Kier molecular flexibility index (Phi) is 6.50. The van der Waals surface area contributed by atoms with Crippen LogP contribution in [-0.2, 0) is 33.5 Å². The smallest absolute Gasteiger partial charge is 0.375 e. The third-order valence-electron chi connectivity index (χ3n) is 6.08. The maximum absolute atomic E-state index is 13.2. The van der Waals surface area contributed by atoms with E-state index in [0.717, 1.165) is 17.7 Å². The minimum absolute atomic E-state index is 0.00169. The molecule has 2 heterocycles. The topological polar surface area (TPSA) is 49.9 Å². The highest BCUT2D eigenvalue weighted by Gasteiger charge is 2.40. The lowest BCUT2D eigenvalue weighted by Gasteiger charge is -2.37. The van der Waals surface area contributed by atoms with Gasteiger partial charge in [-0.25, -0.2) is 0 Å². The summed E-state index contributed by atoms with van der Waals surface area (Å²) in [5, 5.41) is 0. The average molecular weight is 446 g/mol. The van der Waals surface area contributed by atoms with Crippen LogP contribution in [0.25, 0.3) is 0 Å². The predicted molar refractivity (Wildman–Crippen MR) is 111 cm³/mol. The first-order valence-corrected chi connectivity index (χ1v) is 10.7. The maximum Gasteiger partial charge on any atom is 0.416 e. The van der Waals surface area contributed by atoms with E-state index in [1.807, 2.05) is 30.3 Å². The second-order valence-electron chi connectivity index (χ2n) is 8.26. The van der Waals surface area contributed by atoms with E-state index in [2.05, 4.69) is 0 Å². The summed E-state index contributed by atoms with van der Waals surface area (Å²) >= 11 is 0. The molecule has 2 aromatic rings. The standard InChI is InChI=1S/C24H25F3N2O3/c25-24(26,27)19-8-6-17(7-9-19)14-22(30)28-11-10-21-20(16-28)23(31)29(12-13-32-21)15-18-4-2-1-3-5-18/h1-9,20-21H,10-16H2. The van der Waals surface area contributed by atoms with Gasteiger partial charge in [-0.1, -0.05) is 42.5 Å². The Hall–Kier alpha value is -2.87.